The molecule has 1 aliphatic carbocycles. The average molecular weight is 416 g/mol. The maximum Gasteiger partial charge on any atom is 0.416 e. The summed E-state index contributed by atoms with van der Waals surface area (Å²) in [6.45, 7) is 2.31. The zero-order valence-corrected chi connectivity index (χ0v) is 16.6. The Kier molecular flexibility index (Phi) is 5.30. The standard InChI is InChI=1S/C23H23F3N2O2/c1-14-5-7-15(8-6-14)22(30)28-12-19(20(13-28)21(29)27-18-9-10-18)16-3-2-4-17(11-16)23(24,25)26/h2-8,11,18-20H,9-10,12-13H2,1H3,(H,27,29). The second kappa shape index (κ2) is 7.78. The second-order valence-electron chi connectivity index (χ2n) is 8.20. The molecule has 2 fully saturated rings. The molecule has 1 saturated carbocycles. The van der Waals surface area contributed by atoms with Gasteiger partial charge < -0.3 is 10.2 Å². The van der Waals surface area contributed by atoms with Crippen LogP contribution < -0.4 is 5.32 Å². The van der Waals surface area contributed by atoms with Gasteiger partial charge in [0, 0.05) is 30.6 Å². The lowest BCUT2D eigenvalue weighted by atomic mass is 9.87. The van der Waals surface area contributed by atoms with Gasteiger partial charge in [0.15, 0.2) is 0 Å². The molecule has 2 atom stereocenters. The quantitative estimate of drug-likeness (QED) is 0.814. The van der Waals surface area contributed by atoms with Gasteiger partial charge in [0.05, 0.1) is 11.5 Å². The van der Waals surface area contributed by atoms with Gasteiger partial charge in [0.25, 0.3) is 5.91 Å². The minimum absolute atomic E-state index is 0.140. The number of hydrogen-bond donors (Lipinski definition) is 1. The molecule has 2 amide bonds. The third kappa shape index (κ3) is 4.35. The van der Waals surface area contributed by atoms with Crippen LogP contribution >= 0.6 is 0 Å². The molecule has 1 heterocycles. The highest BCUT2D eigenvalue weighted by atomic mass is 19.4. The van der Waals surface area contributed by atoms with Crippen LogP contribution in [0.2, 0.25) is 0 Å². The summed E-state index contributed by atoms with van der Waals surface area (Å²) >= 11 is 0. The molecule has 0 aromatic heterocycles. The van der Waals surface area contributed by atoms with Crippen molar-refractivity contribution in [1.29, 1.82) is 0 Å². The Balaban J connectivity index is 1.62. The summed E-state index contributed by atoms with van der Waals surface area (Å²) in [6.07, 6.45) is -2.63. The second-order valence-corrected chi connectivity index (χ2v) is 8.20. The van der Waals surface area contributed by atoms with Crippen LogP contribution in [0.3, 0.4) is 0 Å². The Bertz CT molecular complexity index is 952. The zero-order valence-electron chi connectivity index (χ0n) is 16.6. The van der Waals surface area contributed by atoms with Crippen molar-refractivity contribution >= 4 is 11.8 Å². The predicted molar refractivity (Wildman–Crippen MR) is 106 cm³/mol. The first-order valence-electron chi connectivity index (χ1n) is 10.1. The van der Waals surface area contributed by atoms with Crippen molar-refractivity contribution in [2.45, 2.75) is 37.9 Å². The minimum atomic E-state index is -4.46. The smallest absolute Gasteiger partial charge is 0.353 e. The summed E-state index contributed by atoms with van der Waals surface area (Å²) in [6, 6.07) is 12.4. The Morgan fingerprint density at radius 2 is 1.73 bits per heavy atom. The number of hydrogen-bond acceptors (Lipinski definition) is 2. The molecule has 2 aromatic carbocycles. The molecule has 2 aromatic rings. The molecule has 30 heavy (non-hydrogen) atoms. The van der Waals surface area contributed by atoms with Gasteiger partial charge in [0.1, 0.15) is 0 Å². The van der Waals surface area contributed by atoms with E-state index in [0.717, 1.165) is 30.5 Å². The van der Waals surface area contributed by atoms with Crippen LogP contribution in [0.5, 0.6) is 0 Å². The molecular weight excluding hydrogens is 393 g/mol. The molecule has 2 aliphatic rings. The molecule has 0 radical (unpaired) electrons. The number of nitrogens with one attached hydrogen (secondary N) is 1. The number of aryl methyl sites for hydroxylation is 1. The lowest BCUT2D eigenvalue weighted by molar-refractivity contribution is -0.137. The van der Waals surface area contributed by atoms with Crippen molar-refractivity contribution in [1.82, 2.24) is 10.2 Å². The van der Waals surface area contributed by atoms with Gasteiger partial charge in [-0.25, -0.2) is 0 Å². The van der Waals surface area contributed by atoms with E-state index in [0.29, 0.717) is 11.1 Å². The predicted octanol–water partition coefficient (Wildman–Crippen LogP) is 4.15. The largest absolute Gasteiger partial charge is 0.416 e. The molecule has 4 rings (SSSR count). The van der Waals surface area contributed by atoms with Crippen molar-refractivity contribution in [2.24, 2.45) is 5.92 Å². The van der Waals surface area contributed by atoms with Crippen LogP contribution in [0.4, 0.5) is 13.2 Å². The molecule has 7 heteroatoms. The third-order valence-electron chi connectivity index (χ3n) is 5.81. The average Bonchev–Trinajstić information content (AvgIpc) is 3.41. The van der Waals surface area contributed by atoms with E-state index >= 15 is 0 Å². The molecular formula is C23H23F3N2O2. The van der Waals surface area contributed by atoms with Crippen molar-refractivity contribution in [2.75, 3.05) is 13.1 Å². The lowest BCUT2D eigenvalue weighted by Gasteiger charge is -2.19. The van der Waals surface area contributed by atoms with E-state index < -0.39 is 23.6 Å². The summed E-state index contributed by atoms with van der Waals surface area (Å²) in [5.41, 5.74) is 1.22. The fraction of sp³-hybridized carbons (Fsp3) is 0.391. The van der Waals surface area contributed by atoms with Gasteiger partial charge in [-0.2, -0.15) is 13.2 Å². The van der Waals surface area contributed by atoms with Crippen LogP contribution in [0.1, 0.15) is 45.8 Å². The fourth-order valence-electron chi connectivity index (χ4n) is 3.93. The van der Waals surface area contributed by atoms with Crippen LogP contribution in [0.15, 0.2) is 48.5 Å². The highest BCUT2D eigenvalue weighted by Crippen LogP contribution is 2.37. The number of rotatable bonds is 4. The molecule has 4 nitrogen and oxygen atoms in total. The van der Waals surface area contributed by atoms with Gasteiger partial charge >= 0.3 is 6.18 Å². The minimum Gasteiger partial charge on any atom is -0.353 e. The van der Waals surface area contributed by atoms with Crippen molar-refractivity contribution in [3.63, 3.8) is 0 Å². The summed E-state index contributed by atoms with van der Waals surface area (Å²) in [5.74, 6) is -1.48. The Labute approximate surface area is 173 Å². The molecule has 2 unspecified atom stereocenters. The third-order valence-corrected chi connectivity index (χ3v) is 5.81. The molecule has 1 aliphatic heterocycles. The van der Waals surface area contributed by atoms with E-state index in [1.165, 1.54) is 6.07 Å². The summed E-state index contributed by atoms with van der Waals surface area (Å²) in [5, 5.41) is 2.95. The lowest BCUT2D eigenvalue weighted by Crippen LogP contribution is -2.36. The number of nitrogens with zero attached hydrogens (tertiary/aromatic N) is 1. The normalized spacial score (nSPS) is 21.5. The van der Waals surface area contributed by atoms with Gasteiger partial charge in [0.2, 0.25) is 5.91 Å². The summed E-state index contributed by atoms with van der Waals surface area (Å²) < 4.78 is 39.6. The monoisotopic (exact) mass is 416 g/mol. The Morgan fingerprint density at radius 1 is 1.03 bits per heavy atom. The topological polar surface area (TPSA) is 49.4 Å². The van der Waals surface area contributed by atoms with Gasteiger partial charge in [-0.3, -0.25) is 9.59 Å². The number of halogens is 3. The summed E-state index contributed by atoms with van der Waals surface area (Å²) in [7, 11) is 0. The van der Waals surface area contributed by atoms with E-state index in [4.69, 9.17) is 0 Å². The van der Waals surface area contributed by atoms with E-state index in [9.17, 15) is 22.8 Å². The molecule has 0 spiro atoms. The maximum absolute atomic E-state index is 13.2. The Hall–Kier alpha value is -2.83. The van der Waals surface area contributed by atoms with E-state index in [2.05, 4.69) is 5.32 Å². The number of benzene rings is 2. The van der Waals surface area contributed by atoms with Crippen LogP contribution in [-0.4, -0.2) is 35.8 Å². The molecule has 158 valence electrons. The Morgan fingerprint density at radius 3 is 2.37 bits per heavy atom. The number of alkyl halides is 3. The van der Waals surface area contributed by atoms with Gasteiger partial charge in [-0.05, 0) is 43.5 Å². The van der Waals surface area contributed by atoms with E-state index in [1.54, 1.807) is 23.1 Å². The maximum atomic E-state index is 13.2. The summed E-state index contributed by atoms with van der Waals surface area (Å²) in [4.78, 5) is 27.4. The number of likely N-dealkylation sites (tertiary alicyclic amines) is 1. The first-order chi connectivity index (χ1) is 14.2. The van der Waals surface area contributed by atoms with E-state index in [1.807, 2.05) is 19.1 Å². The molecule has 1 saturated heterocycles. The van der Waals surface area contributed by atoms with Gasteiger partial charge in [-0.15, -0.1) is 0 Å². The van der Waals surface area contributed by atoms with Crippen LogP contribution in [0.25, 0.3) is 0 Å². The molecule has 0 bridgehead atoms. The van der Waals surface area contributed by atoms with Crippen molar-refractivity contribution < 1.29 is 22.8 Å². The SMILES string of the molecule is Cc1ccc(C(=O)N2CC(C(=O)NC3CC3)C(c3cccc(C(F)(F)F)c3)C2)cc1. The van der Waals surface area contributed by atoms with Crippen molar-refractivity contribution in [3.05, 3.63) is 70.8 Å². The first kappa shape index (κ1) is 20.4. The van der Waals surface area contributed by atoms with Gasteiger partial charge in [-0.1, -0.05) is 35.9 Å². The zero-order chi connectivity index (χ0) is 21.5. The highest BCUT2D eigenvalue weighted by Gasteiger charge is 2.42. The number of amides is 2. The van der Waals surface area contributed by atoms with Crippen molar-refractivity contribution in [3.8, 4) is 0 Å². The first-order valence-corrected chi connectivity index (χ1v) is 10.1. The number of carbonyl (C=O) groups is 2. The molecule has 1 N–H and O–H groups in total. The number of carbonyl (C=O) groups excluding carboxylic acids is 2. The van der Waals surface area contributed by atoms with E-state index in [-0.39, 0.29) is 30.9 Å². The van der Waals surface area contributed by atoms with Crippen LogP contribution in [-0.2, 0) is 11.0 Å². The fourth-order valence-corrected chi connectivity index (χ4v) is 3.93. The highest BCUT2D eigenvalue weighted by molar-refractivity contribution is 5.95. The van der Waals surface area contributed by atoms with Crippen LogP contribution in [0, 0.1) is 12.8 Å².